The Kier molecular flexibility index (Phi) is 4.79. The normalized spacial score (nSPS) is 12.1. The number of benzene rings is 1. The Labute approximate surface area is 94.5 Å². The van der Waals surface area contributed by atoms with Crippen molar-refractivity contribution in [2.75, 3.05) is 6.61 Å². The molecular formula is C12H16O4. The molecule has 0 radical (unpaired) electrons. The van der Waals surface area contributed by atoms with Crippen LogP contribution in [0.3, 0.4) is 0 Å². The van der Waals surface area contributed by atoms with Gasteiger partial charge in [0, 0.05) is 6.61 Å². The topological polar surface area (TPSA) is 66.8 Å². The highest BCUT2D eigenvalue weighted by molar-refractivity contribution is 5.72. The van der Waals surface area contributed by atoms with Crippen molar-refractivity contribution in [3.8, 4) is 5.75 Å². The molecule has 0 aliphatic heterocycles. The molecule has 88 valence electrons. The zero-order valence-corrected chi connectivity index (χ0v) is 9.22. The molecule has 1 atom stereocenters. The monoisotopic (exact) mass is 224 g/mol. The first kappa shape index (κ1) is 12.5. The third-order valence-electron chi connectivity index (χ3n) is 2.18. The van der Waals surface area contributed by atoms with E-state index in [0.717, 1.165) is 12.0 Å². The number of aliphatic hydroxyl groups excluding tert-OH is 1. The fourth-order valence-electron chi connectivity index (χ4n) is 1.31. The van der Waals surface area contributed by atoms with E-state index in [1.165, 1.54) is 6.92 Å². The molecule has 0 amide bonds. The second-order valence-electron chi connectivity index (χ2n) is 3.57. The van der Waals surface area contributed by atoms with Gasteiger partial charge in [-0.15, -0.1) is 0 Å². The Bertz CT molecular complexity index is 349. The molecule has 1 rings (SSSR count). The summed E-state index contributed by atoms with van der Waals surface area (Å²) in [4.78, 5) is 10.6. The van der Waals surface area contributed by atoms with Crippen molar-refractivity contribution in [1.29, 1.82) is 0 Å². The Hall–Kier alpha value is -1.55. The lowest BCUT2D eigenvalue weighted by molar-refractivity contribution is -0.144. The van der Waals surface area contributed by atoms with Crippen molar-refractivity contribution in [3.05, 3.63) is 29.8 Å². The van der Waals surface area contributed by atoms with Crippen LogP contribution in [0.4, 0.5) is 0 Å². The minimum atomic E-state index is -0.985. The third kappa shape index (κ3) is 3.90. The zero-order valence-electron chi connectivity index (χ0n) is 9.22. The molecule has 0 fully saturated rings. The molecule has 0 aliphatic carbocycles. The van der Waals surface area contributed by atoms with Crippen LogP contribution in [0.1, 0.15) is 18.9 Å². The molecule has 0 aromatic heterocycles. The van der Waals surface area contributed by atoms with Crippen LogP contribution in [-0.4, -0.2) is 28.9 Å². The summed E-state index contributed by atoms with van der Waals surface area (Å²) < 4.78 is 5.23. The number of carbonyl (C=O) groups is 1. The maximum Gasteiger partial charge on any atom is 0.344 e. The average molecular weight is 224 g/mol. The Morgan fingerprint density at radius 2 is 2.25 bits per heavy atom. The molecule has 1 aromatic carbocycles. The third-order valence-corrected chi connectivity index (χ3v) is 2.18. The molecule has 0 saturated heterocycles. The smallest absolute Gasteiger partial charge is 0.344 e. The van der Waals surface area contributed by atoms with Crippen LogP contribution in [-0.2, 0) is 11.2 Å². The van der Waals surface area contributed by atoms with Crippen LogP contribution in [0, 0.1) is 0 Å². The van der Waals surface area contributed by atoms with Gasteiger partial charge in [0.15, 0.2) is 6.10 Å². The molecule has 0 aliphatic rings. The van der Waals surface area contributed by atoms with Crippen molar-refractivity contribution in [1.82, 2.24) is 0 Å². The van der Waals surface area contributed by atoms with Gasteiger partial charge in [-0.05, 0) is 37.5 Å². The van der Waals surface area contributed by atoms with E-state index in [2.05, 4.69) is 0 Å². The highest BCUT2D eigenvalue weighted by atomic mass is 16.5. The Morgan fingerprint density at radius 1 is 1.50 bits per heavy atom. The fraction of sp³-hybridized carbons (Fsp3) is 0.417. The second kappa shape index (κ2) is 6.12. The van der Waals surface area contributed by atoms with Crippen LogP contribution in [0.25, 0.3) is 0 Å². The molecule has 4 nitrogen and oxygen atoms in total. The van der Waals surface area contributed by atoms with Crippen LogP contribution in [0.15, 0.2) is 24.3 Å². The number of carboxylic acid groups (broad SMARTS) is 1. The molecule has 0 saturated carbocycles. The maximum absolute atomic E-state index is 10.6. The standard InChI is InChI=1S/C12H16O4/c1-9(12(14)15)16-11-6-2-4-10(8-11)5-3-7-13/h2,4,6,8-9,13H,3,5,7H2,1H3,(H,14,15)/t9-/m1/s1. The summed E-state index contributed by atoms with van der Waals surface area (Å²) in [5, 5.41) is 17.4. The van der Waals surface area contributed by atoms with E-state index in [4.69, 9.17) is 14.9 Å². The summed E-state index contributed by atoms with van der Waals surface area (Å²) in [6.45, 7) is 1.64. The highest BCUT2D eigenvalue weighted by Crippen LogP contribution is 2.16. The lowest BCUT2D eigenvalue weighted by Gasteiger charge is -2.11. The van der Waals surface area contributed by atoms with Crippen molar-refractivity contribution in [2.45, 2.75) is 25.9 Å². The summed E-state index contributed by atoms with van der Waals surface area (Å²) in [7, 11) is 0. The number of carboxylic acids is 1. The van der Waals surface area contributed by atoms with Crippen LogP contribution < -0.4 is 4.74 Å². The van der Waals surface area contributed by atoms with E-state index in [0.29, 0.717) is 12.2 Å². The highest BCUT2D eigenvalue weighted by Gasteiger charge is 2.12. The fourth-order valence-corrected chi connectivity index (χ4v) is 1.31. The van der Waals surface area contributed by atoms with E-state index in [9.17, 15) is 4.79 Å². The van der Waals surface area contributed by atoms with E-state index in [-0.39, 0.29) is 6.61 Å². The average Bonchev–Trinajstić information content (AvgIpc) is 2.26. The van der Waals surface area contributed by atoms with Crippen molar-refractivity contribution >= 4 is 5.97 Å². The molecule has 0 bridgehead atoms. The van der Waals surface area contributed by atoms with Gasteiger partial charge in [0.25, 0.3) is 0 Å². The lowest BCUT2D eigenvalue weighted by atomic mass is 10.1. The van der Waals surface area contributed by atoms with E-state index in [1.807, 2.05) is 12.1 Å². The summed E-state index contributed by atoms with van der Waals surface area (Å²) in [5.41, 5.74) is 1.03. The summed E-state index contributed by atoms with van der Waals surface area (Å²) >= 11 is 0. The van der Waals surface area contributed by atoms with Crippen molar-refractivity contribution in [2.24, 2.45) is 0 Å². The maximum atomic E-state index is 10.6. The quantitative estimate of drug-likeness (QED) is 0.767. The van der Waals surface area contributed by atoms with Gasteiger partial charge >= 0.3 is 5.97 Å². The second-order valence-corrected chi connectivity index (χ2v) is 3.57. The van der Waals surface area contributed by atoms with E-state index < -0.39 is 12.1 Å². The van der Waals surface area contributed by atoms with Gasteiger partial charge < -0.3 is 14.9 Å². The molecule has 4 heteroatoms. The predicted octanol–water partition coefficient (Wildman–Crippen LogP) is 1.46. The number of rotatable bonds is 6. The first-order valence-electron chi connectivity index (χ1n) is 5.22. The van der Waals surface area contributed by atoms with Gasteiger partial charge in [0.1, 0.15) is 5.75 Å². The molecule has 2 N–H and O–H groups in total. The van der Waals surface area contributed by atoms with Gasteiger partial charge in [0.2, 0.25) is 0 Å². The number of hydrogen-bond donors (Lipinski definition) is 2. The van der Waals surface area contributed by atoms with Gasteiger partial charge in [-0.3, -0.25) is 0 Å². The van der Waals surface area contributed by atoms with E-state index in [1.54, 1.807) is 12.1 Å². The Balaban J connectivity index is 2.63. The first-order valence-corrected chi connectivity index (χ1v) is 5.22. The largest absolute Gasteiger partial charge is 0.479 e. The molecule has 0 spiro atoms. The number of ether oxygens (including phenoxy) is 1. The molecular weight excluding hydrogens is 208 g/mol. The summed E-state index contributed by atoms with van der Waals surface area (Å²) in [6, 6.07) is 7.27. The SMILES string of the molecule is C[C@@H](Oc1cccc(CCCO)c1)C(=O)O. The summed E-state index contributed by atoms with van der Waals surface area (Å²) in [5.74, 6) is -0.439. The first-order chi connectivity index (χ1) is 7.63. The van der Waals surface area contributed by atoms with Crippen LogP contribution in [0.2, 0.25) is 0 Å². The zero-order chi connectivity index (χ0) is 12.0. The van der Waals surface area contributed by atoms with Gasteiger partial charge in [-0.1, -0.05) is 12.1 Å². The molecule has 16 heavy (non-hydrogen) atoms. The lowest BCUT2D eigenvalue weighted by Crippen LogP contribution is -2.22. The van der Waals surface area contributed by atoms with Crippen molar-refractivity contribution in [3.63, 3.8) is 0 Å². The van der Waals surface area contributed by atoms with Crippen molar-refractivity contribution < 1.29 is 19.7 Å². The van der Waals surface area contributed by atoms with Gasteiger partial charge in [-0.25, -0.2) is 4.79 Å². The minimum Gasteiger partial charge on any atom is -0.479 e. The Morgan fingerprint density at radius 3 is 2.88 bits per heavy atom. The predicted molar refractivity (Wildman–Crippen MR) is 59.6 cm³/mol. The molecule has 1 aromatic rings. The number of aliphatic hydroxyl groups is 1. The number of hydrogen-bond acceptors (Lipinski definition) is 3. The van der Waals surface area contributed by atoms with Crippen LogP contribution in [0.5, 0.6) is 5.75 Å². The molecule has 0 heterocycles. The van der Waals surface area contributed by atoms with Crippen LogP contribution >= 0.6 is 0 Å². The van der Waals surface area contributed by atoms with Gasteiger partial charge in [0.05, 0.1) is 0 Å². The summed E-state index contributed by atoms with van der Waals surface area (Å²) in [6.07, 6.45) is 0.598. The minimum absolute atomic E-state index is 0.149. The number of aryl methyl sites for hydroxylation is 1. The van der Waals surface area contributed by atoms with Gasteiger partial charge in [-0.2, -0.15) is 0 Å². The van der Waals surface area contributed by atoms with E-state index >= 15 is 0 Å². The number of aliphatic carboxylic acids is 1. The molecule has 0 unspecified atom stereocenters.